The number of hydrogen-bond donors (Lipinski definition) is 1. The molecule has 3 rings (SSSR count). The van der Waals surface area contributed by atoms with Crippen LogP contribution in [-0.4, -0.2) is 38.3 Å². The Morgan fingerprint density at radius 3 is 2.44 bits per heavy atom. The van der Waals surface area contributed by atoms with Gasteiger partial charge in [-0.25, -0.2) is 8.42 Å². The van der Waals surface area contributed by atoms with Crippen LogP contribution in [0.1, 0.15) is 35.2 Å². The molecule has 0 aromatic heterocycles. The van der Waals surface area contributed by atoms with E-state index >= 15 is 0 Å². The number of hydrogen-bond acceptors (Lipinski definition) is 3. The predicted octanol–water partition coefficient (Wildman–Crippen LogP) is 3.49. The molecule has 7 heteroatoms. The Bertz CT molecular complexity index is 895. The summed E-state index contributed by atoms with van der Waals surface area (Å²) in [7, 11) is -3.60. The molecule has 0 aliphatic carbocycles. The van der Waals surface area contributed by atoms with Gasteiger partial charge in [0.2, 0.25) is 10.0 Å². The fourth-order valence-electron chi connectivity index (χ4n) is 3.15. The third kappa shape index (κ3) is 4.89. The van der Waals surface area contributed by atoms with E-state index < -0.39 is 10.0 Å². The van der Waals surface area contributed by atoms with Crippen molar-refractivity contribution in [1.29, 1.82) is 0 Å². The molecule has 1 aliphatic heterocycles. The van der Waals surface area contributed by atoms with Crippen molar-refractivity contribution in [1.82, 2.24) is 9.62 Å². The van der Waals surface area contributed by atoms with Gasteiger partial charge in [0.1, 0.15) is 0 Å². The smallest absolute Gasteiger partial charge is 0.252 e. The average molecular weight is 407 g/mol. The molecule has 1 aliphatic rings. The Hall–Kier alpha value is -1.89. The lowest BCUT2D eigenvalue weighted by molar-refractivity contribution is 0.0954. The summed E-state index contributed by atoms with van der Waals surface area (Å²) in [5, 5.41) is 3.06. The minimum atomic E-state index is -3.60. The van der Waals surface area contributed by atoms with Crippen molar-refractivity contribution in [2.75, 3.05) is 19.6 Å². The van der Waals surface area contributed by atoms with Gasteiger partial charge in [0.05, 0.1) is 15.5 Å². The van der Waals surface area contributed by atoms with Gasteiger partial charge in [0, 0.05) is 19.6 Å². The topological polar surface area (TPSA) is 66.5 Å². The van der Waals surface area contributed by atoms with Crippen LogP contribution in [0, 0.1) is 0 Å². The molecule has 5 nitrogen and oxygen atoms in total. The number of amides is 1. The molecular formula is C20H23ClN2O3S. The number of sulfonamides is 1. The highest BCUT2D eigenvalue weighted by Crippen LogP contribution is 2.25. The van der Waals surface area contributed by atoms with Crippen LogP contribution in [-0.2, 0) is 16.4 Å². The van der Waals surface area contributed by atoms with E-state index in [1.807, 2.05) is 30.3 Å². The summed E-state index contributed by atoms with van der Waals surface area (Å²) in [5.41, 5.74) is 1.30. The van der Waals surface area contributed by atoms with Crippen molar-refractivity contribution in [2.24, 2.45) is 0 Å². The summed E-state index contributed by atoms with van der Waals surface area (Å²) < 4.78 is 27.1. The van der Waals surface area contributed by atoms with Crippen LogP contribution < -0.4 is 5.32 Å². The lowest BCUT2D eigenvalue weighted by Crippen LogP contribution is -2.35. The molecule has 0 spiro atoms. The molecule has 1 saturated heterocycles. The Labute approximate surface area is 165 Å². The molecule has 144 valence electrons. The van der Waals surface area contributed by atoms with Crippen molar-refractivity contribution in [3.8, 4) is 0 Å². The van der Waals surface area contributed by atoms with E-state index in [1.165, 1.54) is 22.5 Å². The molecule has 1 amide bonds. The van der Waals surface area contributed by atoms with E-state index in [2.05, 4.69) is 5.32 Å². The van der Waals surface area contributed by atoms with Gasteiger partial charge in [-0.3, -0.25) is 4.79 Å². The minimum absolute atomic E-state index is 0.113. The molecule has 2 aromatic carbocycles. The third-order valence-electron chi connectivity index (χ3n) is 4.68. The minimum Gasteiger partial charge on any atom is -0.352 e. The van der Waals surface area contributed by atoms with Crippen molar-refractivity contribution in [3.05, 3.63) is 64.7 Å². The molecule has 0 unspecified atom stereocenters. The maximum atomic E-state index is 12.8. The molecule has 0 radical (unpaired) electrons. The zero-order valence-corrected chi connectivity index (χ0v) is 16.6. The van der Waals surface area contributed by atoms with Gasteiger partial charge in [-0.05, 0) is 43.0 Å². The molecule has 1 N–H and O–H groups in total. The number of piperidine rings is 1. The number of nitrogens with zero attached hydrogens (tertiary/aromatic N) is 1. The van der Waals surface area contributed by atoms with Crippen molar-refractivity contribution >= 4 is 27.5 Å². The standard InChI is InChI=1S/C20H23ClN2O3S/c21-19-10-9-17(27(25,26)23-13-5-2-6-14-23)15-18(19)20(24)22-12-11-16-7-3-1-4-8-16/h1,3-4,7-10,15H,2,5-6,11-14H2,(H,22,24). The molecule has 0 atom stereocenters. The van der Waals surface area contributed by atoms with Crippen molar-refractivity contribution in [2.45, 2.75) is 30.6 Å². The number of carbonyl (C=O) groups excluding carboxylic acids is 1. The highest BCUT2D eigenvalue weighted by Gasteiger charge is 2.27. The number of carbonyl (C=O) groups is 1. The zero-order chi connectivity index (χ0) is 19.3. The maximum absolute atomic E-state index is 12.8. The lowest BCUT2D eigenvalue weighted by Gasteiger charge is -2.26. The van der Waals surface area contributed by atoms with E-state index in [0.717, 1.165) is 24.8 Å². The van der Waals surface area contributed by atoms with Crippen LogP contribution >= 0.6 is 11.6 Å². The lowest BCUT2D eigenvalue weighted by atomic mass is 10.1. The molecule has 0 saturated carbocycles. The zero-order valence-electron chi connectivity index (χ0n) is 15.0. The largest absolute Gasteiger partial charge is 0.352 e. The first-order chi connectivity index (χ1) is 13.0. The number of benzene rings is 2. The van der Waals surface area contributed by atoms with E-state index in [1.54, 1.807) is 0 Å². The van der Waals surface area contributed by atoms with Gasteiger partial charge in [-0.2, -0.15) is 4.31 Å². The predicted molar refractivity (Wildman–Crippen MR) is 107 cm³/mol. The second-order valence-corrected chi connectivity index (χ2v) is 8.94. The summed E-state index contributed by atoms with van der Waals surface area (Å²) in [6.45, 7) is 1.48. The van der Waals surface area contributed by atoms with Crippen LogP contribution in [0.4, 0.5) is 0 Å². The van der Waals surface area contributed by atoms with Gasteiger partial charge >= 0.3 is 0 Å². The molecule has 1 heterocycles. The molecule has 0 bridgehead atoms. The average Bonchev–Trinajstić information content (AvgIpc) is 2.69. The maximum Gasteiger partial charge on any atom is 0.252 e. The van der Waals surface area contributed by atoms with E-state index in [4.69, 9.17) is 11.6 Å². The van der Waals surface area contributed by atoms with Crippen molar-refractivity contribution < 1.29 is 13.2 Å². The number of halogens is 1. The fourth-order valence-corrected chi connectivity index (χ4v) is 4.90. The van der Waals surface area contributed by atoms with Crippen LogP contribution in [0.5, 0.6) is 0 Å². The summed E-state index contributed by atoms with van der Waals surface area (Å²) >= 11 is 6.15. The summed E-state index contributed by atoms with van der Waals surface area (Å²) in [6, 6.07) is 14.1. The highest BCUT2D eigenvalue weighted by atomic mass is 35.5. The summed E-state index contributed by atoms with van der Waals surface area (Å²) in [5.74, 6) is -0.369. The van der Waals surface area contributed by atoms with Gasteiger partial charge in [0.15, 0.2) is 0 Å². The van der Waals surface area contributed by atoms with Gasteiger partial charge in [-0.1, -0.05) is 48.4 Å². The Kier molecular flexibility index (Phi) is 6.52. The normalized spacial score (nSPS) is 15.4. The van der Waals surface area contributed by atoms with Crippen LogP contribution in [0.15, 0.2) is 53.4 Å². The first-order valence-electron chi connectivity index (χ1n) is 9.10. The molecular weight excluding hydrogens is 384 g/mol. The van der Waals surface area contributed by atoms with Gasteiger partial charge in [0.25, 0.3) is 5.91 Å². The van der Waals surface area contributed by atoms with Crippen LogP contribution in [0.2, 0.25) is 5.02 Å². The monoisotopic (exact) mass is 406 g/mol. The summed E-state index contributed by atoms with van der Waals surface area (Å²) in [4.78, 5) is 12.6. The molecule has 1 fully saturated rings. The van der Waals surface area contributed by atoms with Gasteiger partial charge < -0.3 is 5.32 Å². The quantitative estimate of drug-likeness (QED) is 0.798. The summed E-state index contributed by atoms with van der Waals surface area (Å²) in [6.07, 6.45) is 3.46. The molecule has 27 heavy (non-hydrogen) atoms. The Morgan fingerprint density at radius 2 is 1.74 bits per heavy atom. The van der Waals surface area contributed by atoms with Crippen LogP contribution in [0.3, 0.4) is 0 Å². The first kappa shape index (κ1) is 19.9. The first-order valence-corrected chi connectivity index (χ1v) is 10.9. The third-order valence-corrected chi connectivity index (χ3v) is 6.90. The second kappa shape index (κ2) is 8.87. The van der Waals surface area contributed by atoms with E-state index in [-0.39, 0.29) is 21.4 Å². The van der Waals surface area contributed by atoms with E-state index in [0.29, 0.717) is 26.1 Å². The highest BCUT2D eigenvalue weighted by molar-refractivity contribution is 7.89. The molecule has 2 aromatic rings. The SMILES string of the molecule is O=C(NCCc1ccccc1)c1cc(S(=O)(=O)N2CCCCC2)ccc1Cl. The Balaban J connectivity index is 1.71. The number of nitrogens with one attached hydrogen (secondary N) is 1. The second-order valence-electron chi connectivity index (χ2n) is 6.60. The van der Waals surface area contributed by atoms with Crippen molar-refractivity contribution in [3.63, 3.8) is 0 Å². The van der Waals surface area contributed by atoms with Crippen LogP contribution in [0.25, 0.3) is 0 Å². The number of rotatable bonds is 6. The Morgan fingerprint density at radius 1 is 1.04 bits per heavy atom. The van der Waals surface area contributed by atoms with Gasteiger partial charge in [-0.15, -0.1) is 0 Å². The van der Waals surface area contributed by atoms with E-state index in [9.17, 15) is 13.2 Å². The fraction of sp³-hybridized carbons (Fsp3) is 0.350.